The maximum atomic E-state index is 4.20. The Morgan fingerprint density at radius 2 is 0.659 bits per heavy atom. The molecular formula is C76H86BrP3S2. The first-order valence-electron chi connectivity index (χ1n) is 30.0. The van der Waals surface area contributed by atoms with Crippen LogP contribution in [0.3, 0.4) is 0 Å². The molecule has 2 aromatic heterocycles. The second kappa shape index (κ2) is 22.4. The Hall–Kier alpha value is -4.03. The molecule has 0 N–H and O–H groups in total. The molecule has 8 aromatic rings. The van der Waals surface area contributed by atoms with E-state index in [1.54, 1.807) is 59.4 Å². The van der Waals surface area contributed by atoms with Crippen molar-refractivity contribution in [1.29, 1.82) is 0 Å². The highest BCUT2D eigenvalue weighted by atomic mass is 79.9. The van der Waals surface area contributed by atoms with Gasteiger partial charge in [-0.3, -0.25) is 0 Å². The van der Waals surface area contributed by atoms with Crippen LogP contribution in [0.2, 0.25) is 0 Å². The van der Waals surface area contributed by atoms with E-state index < -0.39 is 23.8 Å². The predicted octanol–water partition coefficient (Wildman–Crippen LogP) is 19.6. The minimum atomic E-state index is -0.792. The van der Waals surface area contributed by atoms with Gasteiger partial charge >= 0.3 is 0 Å². The van der Waals surface area contributed by atoms with Gasteiger partial charge in [0.15, 0.2) is 0 Å². The molecule has 2 fully saturated rings. The van der Waals surface area contributed by atoms with Crippen LogP contribution in [-0.2, 0) is 0 Å². The van der Waals surface area contributed by atoms with Crippen molar-refractivity contribution >= 4 is 116 Å². The van der Waals surface area contributed by atoms with Crippen LogP contribution in [0, 0.1) is 117 Å². The monoisotopic (exact) mass is 1230 g/mol. The van der Waals surface area contributed by atoms with Crippen LogP contribution in [0.15, 0.2) is 143 Å². The molecular weight excluding hydrogens is 1150 g/mol. The Bertz CT molecular complexity index is 3640. The van der Waals surface area contributed by atoms with Crippen LogP contribution in [0.1, 0.15) is 142 Å². The van der Waals surface area contributed by atoms with Gasteiger partial charge in [-0.15, -0.1) is 22.7 Å². The first-order chi connectivity index (χ1) is 38.9. The molecule has 4 bridgehead atoms. The number of hydrogen-bond donors (Lipinski definition) is 0. The highest BCUT2D eigenvalue weighted by Crippen LogP contribution is 2.76. The Balaban J connectivity index is 0.000000180. The van der Waals surface area contributed by atoms with Gasteiger partial charge < -0.3 is 0 Å². The number of allylic oxidation sites excluding steroid dienone is 4. The van der Waals surface area contributed by atoms with Gasteiger partial charge in [0, 0.05) is 45.7 Å². The SMILES string of the molecule is Cc1cccc(C)c1P(c1c(C)cccc1C)c1c(C)sc(C)c1C1=C(Br)C2CCC1(C)C2(C)C.Cc1cccc(C)c1P(c1c(C)cccc1C)c1c(C)sc(C)c1C1=C(P(c2ccccc2)c2ccccc2)C2CCC1(C)C2(C)C. The number of benzene rings is 6. The summed E-state index contributed by atoms with van der Waals surface area (Å²) in [4.78, 5) is 5.97. The van der Waals surface area contributed by atoms with E-state index in [1.165, 1.54) is 105 Å². The van der Waals surface area contributed by atoms with Crippen molar-refractivity contribution in [1.82, 2.24) is 0 Å². The third-order valence-electron chi connectivity index (χ3n) is 21.0. The summed E-state index contributed by atoms with van der Waals surface area (Å²) < 4.78 is 1.48. The lowest BCUT2D eigenvalue weighted by Crippen LogP contribution is -2.33. The van der Waals surface area contributed by atoms with E-state index in [-0.39, 0.29) is 21.7 Å². The van der Waals surface area contributed by atoms with Crippen LogP contribution in [0.4, 0.5) is 0 Å². The fourth-order valence-electron chi connectivity index (χ4n) is 16.1. The lowest BCUT2D eigenvalue weighted by molar-refractivity contribution is 0.189. The summed E-state index contributed by atoms with van der Waals surface area (Å²) in [6, 6.07) is 50.5. The second-order valence-corrected chi connectivity index (χ2v) is 36.2. The van der Waals surface area contributed by atoms with E-state index in [4.69, 9.17) is 0 Å². The molecule has 4 atom stereocenters. The van der Waals surface area contributed by atoms with Crippen molar-refractivity contribution in [3.8, 4) is 0 Å². The van der Waals surface area contributed by atoms with E-state index >= 15 is 0 Å². The largest absolute Gasteiger partial charge is 0.145 e. The van der Waals surface area contributed by atoms with E-state index in [9.17, 15) is 0 Å². The first kappa shape index (κ1) is 59.7. The van der Waals surface area contributed by atoms with Crippen molar-refractivity contribution in [3.05, 3.63) is 218 Å². The summed E-state index contributed by atoms with van der Waals surface area (Å²) in [7, 11) is -2.18. The van der Waals surface area contributed by atoms with E-state index in [2.05, 4.69) is 274 Å². The third kappa shape index (κ3) is 9.33. The Labute approximate surface area is 514 Å². The molecule has 4 unspecified atom stereocenters. The third-order valence-corrected chi connectivity index (χ3v) is 33.6. The summed E-state index contributed by atoms with van der Waals surface area (Å²) in [5.74, 6) is 1.19. The topological polar surface area (TPSA) is 0 Å². The maximum Gasteiger partial charge on any atom is 0.0107 e. The summed E-state index contributed by atoms with van der Waals surface area (Å²) in [5.41, 5.74) is 18.6. The zero-order valence-corrected chi connectivity index (χ0v) is 58.1. The van der Waals surface area contributed by atoms with Gasteiger partial charge in [0.25, 0.3) is 0 Å². The summed E-state index contributed by atoms with van der Waals surface area (Å²) in [5, 5.41) is 14.1. The molecule has 0 nitrogen and oxygen atoms in total. The Morgan fingerprint density at radius 1 is 0.354 bits per heavy atom. The van der Waals surface area contributed by atoms with E-state index in [0.29, 0.717) is 11.8 Å². The van der Waals surface area contributed by atoms with Gasteiger partial charge in [-0.2, -0.15) is 0 Å². The minimum absolute atomic E-state index is 0.104. The van der Waals surface area contributed by atoms with Crippen molar-refractivity contribution in [2.75, 3.05) is 0 Å². The van der Waals surface area contributed by atoms with Gasteiger partial charge in [-0.1, -0.05) is 191 Å². The summed E-state index contributed by atoms with van der Waals surface area (Å²) >= 11 is 8.26. The molecule has 4 aliphatic rings. The molecule has 6 heteroatoms. The van der Waals surface area contributed by atoms with Crippen molar-refractivity contribution in [2.45, 2.75) is 150 Å². The molecule has 0 amide bonds. The fraction of sp³-hybridized carbons (Fsp3) is 0.368. The summed E-state index contributed by atoms with van der Waals surface area (Å²) in [6.45, 7) is 43.6. The molecule has 2 heterocycles. The van der Waals surface area contributed by atoms with Crippen LogP contribution in [-0.4, -0.2) is 0 Å². The average molecular weight is 1240 g/mol. The number of hydrogen-bond acceptors (Lipinski definition) is 2. The van der Waals surface area contributed by atoms with Gasteiger partial charge in [0.05, 0.1) is 0 Å². The van der Waals surface area contributed by atoms with Crippen molar-refractivity contribution in [2.24, 2.45) is 33.5 Å². The molecule has 424 valence electrons. The number of halogens is 1. The van der Waals surface area contributed by atoms with Crippen LogP contribution in [0.5, 0.6) is 0 Å². The molecule has 0 aliphatic heterocycles. The first-order valence-corrected chi connectivity index (χ1v) is 36.4. The minimum Gasteiger partial charge on any atom is -0.145 e. The molecule has 6 aromatic carbocycles. The number of thiophene rings is 2. The normalized spacial score (nSPS) is 21.4. The number of fused-ring (bicyclic) bond motifs is 4. The molecule has 82 heavy (non-hydrogen) atoms. The predicted molar refractivity (Wildman–Crippen MR) is 374 cm³/mol. The van der Waals surface area contributed by atoms with Crippen LogP contribution in [0.25, 0.3) is 11.1 Å². The zero-order valence-electron chi connectivity index (χ0n) is 52.2. The molecule has 4 aliphatic carbocycles. The van der Waals surface area contributed by atoms with Gasteiger partial charge in [0.2, 0.25) is 0 Å². The molecule has 12 rings (SSSR count). The summed E-state index contributed by atoms with van der Waals surface area (Å²) in [6.07, 6.45) is 5.12. The maximum absolute atomic E-state index is 4.20. The molecule has 2 saturated carbocycles. The highest BCUT2D eigenvalue weighted by Gasteiger charge is 2.63. The van der Waals surface area contributed by atoms with Gasteiger partial charge in [0.1, 0.15) is 0 Å². The highest BCUT2D eigenvalue weighted by molar-refractivity contribution is 9.11. The zero-order chi connectivity index (χ0) is 58.7. The lowest BCUT2D eigenvalue weighted by Gasteiger charge is -2.38. The fourth-order valence-corrected chi connectivity index (χ4v) is 30.0. The molecule has 0 saturated heterocycles. The number of rotatable bonds is 11. The van der Waals surface area contributed by atoms with Crippen LogP contribution < -0.4 is 42.4 Å². The Morgan fingerprint density at radius 3 is 0.988 bits per heavy atom. The van der Waals surface area contributed by atoms with E-state index in [1.807, 2.05) is 22.7 Å². The Kier molecular flexibility index (Phi) is 16.3. The van der Waals surface area contributed by atoms with Crippen molar-refractivity contribution in [3.63, 3.8) is 0 Å². The van der Waals surface area contributed by atoms with Crippen LogP contribution >= 0.6 is 62.4 Å². The van der Waals surface area contributed by atoms with Gasteiger partial charge in [-0.05, 0) is 259 Å². The van der Waals surface area contributed by atoms with Crippen molar-refractivity contribution < 1.29 is 0 Å². The quantitative estimate of drug-likeness (QED) is 0.113. The van der Waals surface area contributed by atoms with Gasteiger partial charge in [-0.25, -0.2) is 0 Å². The van der Waals surface area contributed by atoms with E-state index in [0.717, 1.165) is 0 Å². The standard InChI is InChI=1S/C44H48P2S.C32H38BrPS/c1-28-18-16-19-29(2)39(28)46(40-30(3)20-17-21-31(40)4)41-33(6)47-32(5)37(41)38-42(36-26-27-44(38,9)43(36,7)8)45(34-22-12-10-13-23-34)35-24-14-11-15-25-35;1-18-12-10-13-19(2)28(18)34(29-20(3)14-11-15-21(29)4)30-23(6)35-22(5)25(30)26-27(33)24-16-17-32(26,9)31(24,7)8/h10-25,36H,26-27H2,1-9H3;10-15,24H,16-17H2,1-9H3. The lowest BCUT2D eigenvalue weighted by atomic mass is 9.66. The molecule has 0 radical (unpaired) electrons. The second-order valence-electron chi connectivity index (χ2n) is 26.3. The molecule has 0 spiro atoms. The smallest absolute Gasteiger partial charge is 0.0107 e. The number of aryl methyl sites for hydroxylation is 12. The average Bonchev–Trinajstić information content (AvgIpc) is 3.00.